The SMILES string of the molecule is COc1ccc(-c2csc(NC(=O)[C@H]3[C@@H]4CC[C@@H](C4)[C@@H]3C(=O)[O-])n2)cc1. The van der Waals surface area contributed by atoms with Gasteiger partial charge in [-0.1, -0.05) is 0 Å². The maximum atomic E-state index is 12.7. The van der Waals surface area contributed by atoms with Crippen molar-refractivity contribution in [2.75, 3.05) is 12.4 Å². The Balaban J connectivity index is 1.48. The number of ether oxygens (including phenoxy) is 1. The maximum absolute atomic E-state index is 12.7. The summed E-state index contributed by atoms with van der Waals surface area (Å²) >= 11 is 1.33. The first-order valence-corrected chi connectivity index (χ1v) is 9.56. The van der Waals surface area contributed by atoms with Crippen molar-refractivity contribution < 1.29 is 19.4 Å². The highest BCUT2D eigenvalue weighted by atomic mass is 32.1. The molecule has 1 amide bonds. The van der Waals surface area contributed by atoms with Crippen LogP contribution in [0.2, 0.25) is 0 Å². The lowest BCUT2D eigenvalue weighted by molar-refractivity contribution is -0.314. The number of fused-ring (bicyclic) bond motifs is 2. The third-order valence-electron chi connectivity index (χ3n) is 5.61. The van der Waals surface area contributed by atoms with E-state index in [2.05, 4.69) is 10.3 Å². The topological polar surface area (TPSA) is 91.3 Å². The molecule has 7 heteroatoms. The fourth-order valence-corrected chi connectivity index (χ4v) is 5.14. The van der Waals surface area contributed by atoms with E-state index in [1.807, 2.05) is 29.6 Å². The smallest absolute Gasteiger partial charge is 0.230 e. The van der Waals surface area contributed by atoms with Gasteiger partial charge in [-0.15, -0.1) is 11.3 Å². The molecule has 1 heterocycles. The summed E-state index contributed by atoms with van der Waals surface area (Å²) in [5.41, 5.74) is 1.69. The monoisotopic (exact) mass is 371 g/mol. The zero-order chi connectivity index (χ0) is 18.3. The van der Waals surface area contributed by atoms with Crippen LogP contribution in [0.15, 0.2) is 29.6 Å². The minimum Gasteiger partial charge on any atom is -0.550 e. The zero-order valence-corrected chi connectivity index (χ0v) is 15.1. The molecule has 0 spiro atoms. The van der Waals surface area contributed by atoms with Crippen LogP contribution < -0.4 is 15.2 Å². The Bertz CT molecular complexity index is 832. The highest BCUT2D eigenvalue weighted by molar-refractivity contribution is 7.14. The third-order valence-corrected chi connectivity index (χ3v) is 6.37. The van der Waals surface area contributed by atoms with Gasteiger partial charge in [0.2, 0.25) is 5.91 Å². The highest BCUT2D eigenvalue weighted by Gasteiger charge is 2.51. The number of anilines is 1. The van der Waals surface area contributed by atoms with Crippen molar-refractivity contribution in [3.63, 3.8) is 0 Å². The molecule has 6 nitrogen and oxygen atoms in total. The number of amides is 1. The van der Waals surface area contributed by atoms with Crippen LogP contribution in [0, 0.1) is 23.7 Å². The van der Waals surface area contributed by atoms with Gasteiger partial charge in [0, 0.05) is 28.7 Å². The number of hydrogen-bond acceptors (Lipinski definition) is 6. The van der Waals surface area contributed by atoms with E-state index in [1.165, 1.54) is 11.3 Å². The van der Waals surface area contributed by atoms with E-state index >= 15 is 0 Å². The fourth-order valence-electron chi connectivity index (χ4n) is 4.42. The average Bonchev–Trinajstić information content (AvgIpc) is 3.37. The van der Waals surface area contributed by atoms with Crippen LogP contribution in [0.5, 0.6) is 5.75 Å². The summed E-state index contributed by atoms with van der Waals surface area (Å²) in [5, 5.41) is 16.7. The van der Waals surface area contributed by atoms with E-state index in [4.69, 9.17) is 4.74 Å². The molecule has 26 heavy (non-hydrogen) atoms. The Labute approximate surface area is 155 Å². The van der Waals surface area contributed by atoms with Gasteiger partial charge in [-0.05, 0) is 55.4 Å². The van der Waals surface area contributed by atoms with Crippen molar-refractivity contribution in [2.45, 2.75) is 19.3 Å². The van der Waals surface area contributed by atoms with E-state index in [0.717, 1.165) is 36.3 Å². The van der Waals surface area contributed by atoms with E-state index in [0.29, 0.717) is 5.13 Å². The number of carboxylic acid groups (broad SMARTS) is 1. The highest BCUT2D eigenvalue weighted by Crippen LogP contribution is 2.52. The molecule has 0 radical (unpaired) electrons. The molecule has 2 aromatic rings. The van der Waals surface area contributed by atoms with Gasteiger partial charge < -0.3 is 20.0 Å². The van der Waals surface area contributed by atoms with Crippen molar-refractivity contribution in [1.82, 2.24) is 4.98 Å². The third kappa shape index (κ3) is 2.96. The molecule has 1 aromatic carbocycles. The van der Waals surface area contributed by atoms with Gasteiger partial charge in [0.1, 0.15) is 5.75 Å². The molecule has 136 valence electrons. The summed E-state index contributed by atoms with van der Waals surface area (Å²) in [6.45, 7) is 0. The molecule has 0 aliphatic heterocycles. The Morgan fingerprint density at radius 1 is 1.19 bits per heavy atom. The van der Waals surface area contributed by atoms with Crippen LogP contribution in [0.3, 0.4) is 0 Å². The number of methoxy groups -OCH3 is 1. The summed E-state index contributed by atoms with van der Waals surface area (Å²) in [6.07, 6.45) is 2.61. The lowest BCUT2D eigenvalue weighted by Crippen LogP contribution is -2.43. The molecule has 1 aromatic heterocycles. The molecular weight excluding hydrogens is 352 g/mol. The second-order valence-corrected chi connectivity index (χ2v) is 7.82. The largest absolute Gasteiger partial charge is 0.550 e. The second-order valence-electron chi connectivity index (χ2n) is 6.96. The Morgan fingerprint density at radius 2 is 1.88 bits per heavy atom. The van der Waals surface area contributed by atoms with Crippen LogP contribution >= 0.6 is 11.3 Å². The summed E-state index contributed by atoms with van der Waals surface area (Å²) in [6, 6.07) is 7.52. The minimum atomic E-state index is -1.10. The van der Waals surface area contributed by atoms with Crippen molar-refractivity contribution in [1.29, 1.82) is 0 Å². The molecule has 0 saturated heterocycles. The molecule has 1 N–H and O–H groups in total. The lowest BCUT2D eigenvalue weighted by atomic mass is 9.79. The fraction of sp³-hybridized carbons (Fsp3) is 0.421. The van der Waals surface area contributed by atoms with Gasteiger partial charge in [-0.3, -0.25) is 4.79 Å². The molecular formula is C19H19N2O4S-. The van der Waals surface area contributed by atoms with Crippen molar-refractivity contribution >= 4 is 28.3 Å². The Morgan fingerprint density at radius 3 is 2.54 bits per heavy atom. The summed E-state index contributed by atoms with van der Waals surface area (Å²) < 4.78 is 5.15. The summed E-state index contributed by atoms with van der Waals surface area (Å²) in [5.74, 6) is -1.54. The van der Waals surface area contributed by atoms with Crippen LogP contribution in [0.1, 0.15) is 19.3 Å². The van der Waals surface area contributed by atoms with Gasteiger partial charge >= 0.3 is 0 Å². The zero-order valence-electron chi connectivity index (χ0n) is 14.3. The number of aromatic nitrogens is 1. The van der Waals surface area contributed by atoms with Crippen LogP contribution in [-0.4, -0.2) is 24.0 Å². The molecule has 4 rings (SSSR count). The lowest BCUT2D eigenvalue weighted by Gasteiger charge is -2.30. The van der Waals surface area contributed by atoms with E-state index in [9.17, 15) is 14.7 Å². The molecule has 4 atom stereocenters. The quantitative estimate of drug-likeness (QED) is 0.870. The number of aliphatic carboxylic acids is 1. The first kappa shape index (κ1) is 17.0. The van der Waals surface area contributed by atoms with Crippen molar-refractivity contribution in [3.05, 3.63) is 29.6 Å². The first-order chi connectivity index (χ1) is 12.6. The van der Waals surface area contributed by atoms with Crippen molar-refractivity contribution in [3.8, 4) is 17.0 Å². The number of carboxylic acids is 1. The van der Waals surface area contributed by atoms with Gasteiger partial charge in [0.05, 0.1) is 12.8 Å². The summed E-state index contributed by atoms with van der Waals surface area (Å²) in [4.78, 5) is 28.6. The molecule has 2 fully saturated rings. The van der Waals surface area contributed by atoms with Gasteiger partial charge in [0.15, 0.2) is 5.13 Å². The number of carbonyl (C=O) groups is 2. The first-order valence-electron chi connectivity index (χ1n) is 8.68. The standard InChI is InChI=1S/C19H20N2O4S/c1-25-13-6-4-10(5-7-13)14-9-26-19(20-14)21-17(22)15-11-2-3-12(8-11)16(15)18(23)24/h4-7,9,11-12,15-16H,2-3,8H2,1H3,(H,23,24)(H,20,21,22)/p-1/t11-,12+,15+,16+/m1/s1. The number of nitrogens with one attached hydrogen (secondary N) is 1. The van der Waals surface area contributed by atoms with Gasteiger partial charge in [-0.25, -0.2) is 4.98 Å². The number of hydrogen-bond donors (Lipinski definition) is 1. The van der Waals surface area contributed by atoms with Crippen LogP contribution in [0.25, 0.3) is 11.3 Å². The van der Waals surface area contributed by atoms with Gasteiger partial charge in [-0.2, -0.15) is 0 Å². The molecule has 2 saturated carbocycles. The average molecular weight is 371 g/mol. The summed E-state index contributed by atoms with van der Waals surface area (Å²) in [7, 11) is 1.61. The van der Waals surface area contributed by atoms with Crippen LogP contribution in [0.4, 0.5) is 5.13 Å². The predicted molar refractivity (Wildman–Crippen MR) is 95.5 cm³/mol. The number of thiazole rings is 1. The van der Waals surface area contributed by atoms with E-state index < -0.39 is 17.8 Å². The second kappa shape index (κ2) is 6.72. The minimum absolute atomic E-state index is 0.0758. The van der Waals surface area contributed by atoms with E-state index in [-0.39, 0.29) is 17.7 Å². The Kier molecular flexibility index (Phi) is 4.40. The number of benzene rings is 1. The number of carbonyl (C=O) groups excluding carboxylic acids is 2. The number of rotatable bonds is 5. The number of nitrogens with zero attached hydrogens (tertiary/aromatic N) is 1. The maximum Gasteiger partial charge on any atom is 0.230 e. The predicted octanol–water partition coefficient (Wildman–Crippen LogP) is 2.17. The molecule has 2 bridgehead atoms. The van der Waals surface area contributed by atoms with Crippen LogP contribution in [-0.2, 0) is 9.59 Å². The van der Waals surface area contributed by atoms with E-state index in [1.54, 1.807) is 7.11 Å². The van der Waals surface area contributed by atoms with Crippen molar-refractivity contribution in [2.24, 2.45) is 23.7 Å². The molecule has 2 aliphatic carbocycles. The van der Waals surface area contributed by atoms with Gasteiger partial charge in [0.25, 0.3) is 0 Å². The molecule has 0 unspecified atom stereocenters. The Hall–Kier alpha value is -2.41. The normalized spacial score (nSPS) is 26.7. The molecule has 2 aliphatic rings.